The number of carboxylic acid groups (broad SMARTS) is 1. The Morgan fingerprint density at radius 3 is 2.54 bits per heavy atom. The molecule has 4 aromatic rings. The van der Waals surface area contributed by atoms with E-state index in [0.717, 1.165) is 44.7 Å². The summed E-state index contributed by atoms with van der Waals surface area (Å²) in [4.78, 5) is 14.5. The molecule has 6 heteroatoms. The topological polar surface area (TPSA) is 59.6 Å². The Labute approximate surface area is 230 Å². The number of nitrogens with zero attached hydrogens (tertiary/aromatic N) is 3. The molecule has 2 unspecified atom stereocenters. The number of rotatable bonds is 4. The van der Waals surface area contributed by atoms with Gasteiger partial charge in [0.25, 0.3) is 0 Å². The molecule has 2 atom stereocenters. The van der Waals surface area contributed by atoms with Crippen LogP contribution in [0.3, 0.4) is 0 Å². The van der Waals surface area contributed by atoms with Gasteiger partial charge in [-0.1, -0.05) is 43.5 Å². The van der Waals surface area contributed by atoms with E-state index in [0.29, 0.717) is 11.5 Å². The summed E-state index contributed by atoms with van der Waals surface area (Å²) >= 11 is 0. The third-order valence-electron chi connectivity index (χ3n) is 9.27. The SMILES string of the molecule is CC1CN(Cc2cn3c4c(cccc24)-c2c(C4CCCCC4)c4ccc(C(=O)O)cc4n2CCC3)CC(C)O1. The van der Waals surface area contributed by atoms with Crippen LogP contribution in [-0.2, 0) is 24.4 Å². The fraction of sp³-hybridized carbons (Fsp3) is 0.485. The minimum absolute atomic E-state index is 0.254. The van der Waals surface area contributed by atoms with Crippen molar-refractivity contribution in [3.8, 4) is 11.3 Å². The van der Waals surface area contributed by atoms with E-state index in [9.17, 15) is 9.90 Å². The van der Waals surface area contributed by atoms with Crippen LogP contribution in [0.2, 0.25) is 0 Å². The Morgan fingerprint density at radius 2 is 1.77 bits per heavy atom. The third-order valence-corrected chi connectivity index (χ3v) is 9.27. The Kier molecular flexibility index (Phi) is 6.28. The number of benzene rings is 2. The van der Waals surface area contributed by atoms with Gasteiger partial charge in [0.15, 0.2) is 0 Å². The van der Waals surface area contributed by atoms with Crippen molar-refractivity contribution in [2.24, 2.45) is 0 Å². The summed E-state index contributed by atoms with van der Waals surface area (Å²) in [6, 6.07) is 12.6. The maximum Gasteiger partial charge on any atom is 0.335 e. The molecule has 1 saturated heterocycles. The summed E-state index contributed by atoms with van der Waals surface area (Å²) in [5.41, 5.74) is 8.25. The van der Waals surface area contributed by atoms with Crippen LogP contribution in [0, 0.1) is 0 Å². The average molecular weight is 526 g/mol. The molecule has 0 amide bonds. The van der Waals surface area contributed by atoms with Gasteiger partial charge in [0.2, 0.25) is 0 Å². The van der Waals surface area contributed by atoms with Crippen LogP contribution in [-0.4, -0.2) is 50.4 Å². The van der Waals surface area contributed by atoms with Crippen molar-refractivity contribution in [3.63, 3.8) is 0 Å². The molecule has 4 heterocycles. The molecule has 2 aromatic heterocycles. The number of hydrogen-bond acceptors (Lipinski definition) is 3. The molecule has 204 valence electrons. The van der Waals surface area contributed by atoms with E-state index in [2.05, 4.69) is 58.3 Å². The molecule has 0 radical (unpaired) electrons. The highest BCUT2D eigenvalue weighted by atomic mass is 16.5. The number of morpholine rings is 1. The number of carboxylic acids is 1. The number of aryl methyl sites for hydroxylation is 2. The monoisotopic (exact) mass is 525 g/mol. The van der Waals surface area contributed by atoms with E-state index in [1.165, 1.54) is 70.8 Å². The van der Waals surface area contributed by atoms with Crippen molar-refractivity contribution in [1.29, 1.82) is 0 Å². The molecular formula is C33H39N3O3. The maximum atomic E-state index is 11.9. The average Bonchev–Trinajstić information content (AvgIpc) is 3.42. The van der Waals surface area contributed by atoms with Gasteiger partial charge in [-0.2, -0.15) is 0 Å². The largest absolute Gasteiger partial charge is 0.478 e. The predicted molar refractivity (Wildman–Crippen MR) is 156 cm³/mol. The first-order valence-electron chi connectivity index (χ1n) is 14.9. The van der Waals surface area contributed by atoms with Gasteiger partial charge in [0.1, 0.15) is 0 Å². The van der Waals surface area contributed by atoms with Crippen LogP contribution >= 0.6 is 0 Å². The quantitative estimate of drug-likeness (QED) is 0.311. The lowest BCUT2D eigenvalue weighted by atomic mass is 9.81. The number of aromatic carboxylic acids is 1. The molecule has 1 saturated carbocycles. The molecule has 0 spiro atoms. The lowest BCUT2D eigenvalue weighted by Gasteiger charge is -2.35. The van der Waals surface area contributed by atoms with Gasteiger partial charge < -0.3 is 19.0 Å². The van der Waals surface area contributed by atoms with Crippen LogP contribution in [0.25, 0.3) is 33.1 Å². The van der Waals surface area contributed by atoms with E-state index >= 15 is 0 Å². The summed E-state index contributed by atoms with van der Waals surface area (Å²) in [6.45, 7) is 9.06. The third kappa shape index (κ3) is 4.29. The van der Waals surface area contributed by atoms with E-state index in [1.54, 1.807) is 6.07 Å². The molecule has 39 heavy (non-hydrogen) atoms. The fourth-order valence-corrected chi connectivity index (χ4v) is 7.82. The van der Waals surface area contributed by atoms with Crippen LogP contribution < -0.4 is 0 Å². The highest BCUT2D eigenvalue weighted by Crippen LogP contribution is 2.47. The van der Waals surface area contributed by atoms with Gasteiger partial charge in [0.05, 0.1) is 29.0 Å². The first-order chi connectivity index (χ1) is 19.0. The van der Waals surface area contributed by atoms with Gasteiger partial charge in [-0.25, -0.2) is 4.79 Å². The van der Waals surface area contributed by atoms with Crippen LogP contribution in [0.15, 0.2) is 42.6 Å². The summed E-state index contributed by atoms with van der Waals surface area (Å²) in [6.07, 6.45) is 10.2. The lowest BCUT2D eigenvalue weighted by Crippen LogP contribution is -2.44. The number of para-hydroxylation sites is 1. The molecule has 3 aliphatic rings. The second-order valence-electron chi connectivity index (χ2n) is 12.1. The van der Waals surface area contributed by atoms with Gasteiger partial charge in [0, 0.05) is 60.8 Å². The zero-order valence-corrected chi connectivity index (χ0v) is 23.2. The smallest absolute Gasteiger partial charge is 0.335 e. The van der Waals surface area contributed by atoms with Crippen molar-refractivity contribution in [2.75, 3.05) is 13.1 Å². The molecule has 1 N–H and O–H groups in total. The summed E-state index contributed by atoms with van der Waals surface area (Å²) in [7, 11) is 0. The molecular weight excluding hydrogens is 486 g/mol. The standard InChI is InChI=1S/C33H39N3O3/c1-21-17-34(18-22(2)39-21)19-25-20-35-14-7-15-36-29-16-24(33(37)38)12-13-27(29)30(23-8-4-3-5-9-23)32(36)28-11-6-10-26(25)31(28)35/h6,10-13,16,20-23H,3-5,7-9,14-15,17-19H2,1-2H3,(H,37,38). The summed E-state index contributed by atoms with van der Waals surface area (Å²) < 4.78 is 11.0. The molecule has 2 aliphatic heterocycles. The highest BCUT2D eigenvalue weighted by molar-refractivity contribution is 6.03. The van der Waals surface area contributed by atoms with Crippen LogP contribution in [0.5, 0.6) is 0 Å². The number of carbonyl (C=O) groups is 1. The Balaban J connectivity index is 1.43. The minimum Gasteiger partial charge on any atom is -0.478 e. The molecule has 2 fully saturated rings. The number of ether oxygens (including phenoxy) is 1. The summed E-state index contributed by atoms with van der Waals surface area (Å²) in [5, 5.41) is 12.4. The zero-order chi connectivity index (χ0) is 26.7. The molecule has 6 nitrogen and oxygen atoms in total. The molecule has 1 aliphatic carbocycles. The van der Waals surface area contributed by atoms with E-state index < -0.39 is 5.97 Å². The van der Waals surface area contributed by atoms with Gasteiger partial charge in [-0.3, -0.25) is 4.90 Å². The number of fused-ring (bicyclic) bond motifs is 4. The van der Waals surface area contributed by atoms with Crippen molar-refractivity contribution in [1.82, 2.24) is 14.0 Å². The van der Waals surface area contributed by atoms with Gasteiger partial charge in [-0.05, 0) is 62.3 Å². The lowest BCUT2D eigenvalue weighted by molar-refractivity contribution is -0.0704. The van der Waals surface area contributed by atoms with E-state index in [4.69, 9.17) is 4.74 Å². The minimum atomic E-state index is -0.857. The molecule has 7 rings (SSSR count). The van der Waals surface area contributed by atoms with Gasteiger partial charge >= 0.3 is 5.97 Å². The second-order valence-corrected chi connectivity index (χ2v) is 12.1. The fourth-order valence-electron chi connectivity index (χ4n) is 7.82. The first-order valence-corrected chi connectivity index (χ1v) is 14.9. The maximum absolute atomic E-state index is 11.9. The zero-order valence-electron chi connectivity index (χ0n) is 23.2. The normalized spacial score (nSPS) is 22.6. The van der Waals surface area contributed by atoms with Crippen LogP contribution in [0.1, 0.15) is 79.8 Å². The predicted octanol–water partition coefficient (Wildman–Crippen LogP) is 7.02. The van der Waals surface area contributed by atoms with Crippen molar-refractivity contribution in [3.05, 3.63) is 59.3 Å². The number of hydrogen-bond donors (Lipinski definition) is 1. The Morgan fingerprint density at radius 1 is 0.974 bits per heavy atom. The van der Waals surface area contributed by atoms with E-state index in [1.807, 2.05) is 6.07 Å². The van der Waals surface area contributed by atoms with Crippen molar-refractivity contribution < 1.29 is 14.6 Å². The van der Waals surface area contributed by atoms with Crippen LogP contribution in [0.4, 0.5) is 0 Å². The molecule has 2 aromatic carbocycles. The molecule has 0 bridgehead atoms. The van der Waals surface area contributed by atoms with Crippen molar-refractivity contribution >= 4 is 27.8 Å². The number of aromatic nitrogens is 2. The van der Waals surface area contributed by atoms with E-state index in [-0.39, 0.29) is 12.2 Å². The summed E-state index contributed by atoms with van der Waals surface area (Å²) in [5.74, 6) is -0.341. The van der Waals surface area contributed by atoms with Gasteiger partial charge in [-0.15, -0.1) is 0 Å². The first kappa shape index (κ1) is 24.9. The van der Waals surface area contributed by atoms with Crippen molar-refractivity contribution in [2.45, 2.75) is 90.1 Å². The Hall–Kier alpha value is -3.09. The second kappa shape index (κ2) is 9.83. The Bertz CT molecular complexity index is 1550. The highest BCUT2D eigenvalue weighted by Gasteiger charge is 2.30.